The third kappa shape index (κ3) is 6.27. The zero-order chi connectivity index (χ0) is 20.6. The molecule has 5 nitrogen and oxygen atoms in total. The monoisotopic (exact) mass is 400 g/mol. The van der Waals surface area contributed by atoms with Crippen molar-refractivity contribution in [2.24, 2.45) is 0 Å². The fourth-order valence-electron chi connectivity index (χ4n) is 3.57. The van der Waals surface area contributed by atoms with Gasteiger partial charge in [-0.1, -0.05) is 29.8 Å². The predicted molar refractivity (Wildman–Crippen MR) is 111 cm³/mol. The van der Waals surface area contributed by atoms with Crippen LogP contribution >= 0.6 is 0 Å². The van der Waals surface area contributed by atoms with Crippen molar-refractivity contribution in [2.75, 3.05) is 39.5 Å². The van der Waals surface area contributed by atoms with Crippen molar-refractivity contribution in [1.82, 2.24) is 10.2 Å². The van der Waals surface area contributed by atoms with Gasteiger partial charge in [-0.3, -0.25) is 9.69 Å². The maximum absolute atomic E-state index is 13.7. The lowest BCUT2D eigenvalue weighted by Crippen LogP contribution is -2.44. The van der Waals surface area contributed by atoms with Crippen LogP contribution in [0.4, 0.5) is 4.39 Å². The maximum atomic E-state index is 13.7. The summed E-state index contributed by atoms with van der Waals surface area (Å²) in [7, 11) is 0. The number of hydrogen-bond donors (Lipinski definition) is 1. The summed E-state index contributed by atoms with van der Waals surface area (Å²) >= 11 is 0. The number of halogens is 1. The van der Waals surface area contributed by atoms with Crippen molar-refractivity contribution in [3.8, 4) is 5.75 Å². The molecule has 1 fully saturated rings. The molecule has 1 heterocycles. The maximum Gasteiger partial charge on any atom is 0.223 e. The van der Waals surface area contributed by atoms with Gasteiger partial charge in [-0.2, -0.15) is 0 Å². The topological polar surface area (TPSA) is 50.8 Å². The number of nitrogens with zero attached hydrogens (tertiary/aromatic N) is 1. The number of carbonyl (C=O) groups is 1. The van der Waals surface area contributed by atoms with Crippen LogP contribution in [0.2, 0.25) is 0 Å². The summed E-state index contributed by atoms with van der Waals surface area (Å²) in [5, 5.41) is 2.98. The van der Waals surface area contributed by atoms with Gasteiger partial charge in [0.1, 0.15) is 11.6 Å². The minimum Gasteiger partial charge on any atom is -0.493 e. The molecule has 156 valence electrons. The number of amides is 1. The van der Waals surface area contributed by atoms with Crippen molar-refractivity contribution < 1.29 is 18.7 Å². The number of hydrogen-bond acceptors (Lipinski definition) is 4. The summed E-state index contributed by atoms with van der Waals surface area (Å²) in [6.45, 7) is 7.57. The zero-order valence-electron chi connectivity index (χ0n) is 17.1. The fourth-order valence-corrected chi connectivity index (χ4v) is 3.57. The minimum atomic E-state index is -0.269. The third-order valence-electron chi connectivity index (χ3n) is 5.13. The van der Waals surface area contributed by atoms with Gasteiger partial charge in [0.15, 0.2) is 0 Å². The van der Waals surface area contributed by atoms with Gasteiger partial charge in [-0.05, 0) is 43.2 Å². The Morgan fingerprint density at radius 3 is 2.72 bits per heavy atom. The Labute approximate surface area is 171 Å². The predicted octanol–water partition coefficient (Wildman–Crippen LogP) is 3.40. The molecule has 0 bridgehead atoms. The molecule has 2 aromatic rings. The Morgan fingerprint density at radius 1 is 1.21 bits per heavy atom. The van der Waals surface area contributed by atoms with E-state index in [1.165, 1.54) is 17.7 Å². The molecular formula is C23H29FN2O3. The van der Waals surface area contributed by atoms with Crippen LogP contribution in [-0.4, -0.2) is 50.3 Å². The van der Waals surface area contributed by atoms with E-state index in [1.807, 2.05) is 32.0 Å². The van der Waals surface area contributed by atoms with Gasteiger partial charge in [0, 0.05) is 19.6 Å². The third-order valence-corrected chi connectivity index (χ3v) is 5.13. The molecule has 1 unspecified atom stereocenters. The molecule has 1 amide bonds. The summed E-state index contributed by atoms with van der Waals surface area (Å²) in [4.78, 5) is 14.6. The summed E-state index contributed by atoms with van der Waals surface area (Å²) < 4.78 is 24.9. The molecule has 0 radical (unpaired) electrons. The Morgan fingerprint density at radius 2 is 2.00 bits per heavy atom. The fraction of sp³-hybridized carbons (Fsp3) is 0.435. The standard InChI is InChI=1S/C23H29FN2O3/c1-17-6-7-22(18(2)14-17)29-11-8-23(27)25-16-21(26-9-12-28-13-10-26)19-4-3-5-20(24)15-19/h3-7,14-15,21H,8-13,16H2,1-2H3,(H,25,27). The van der Waals surface area contributed by atoms with E-state index < -0.39 is 0 Å². The van der Waals surface area contributed by atoms with E-state index in [0.717, 1.165) is 30.0 Å². The van der Waals surface area contributed by atoms with Gasteiger partial charge in [0.2, 0.25) is 5.91 Å². The molecule has 1 saturated heterocycles. The number of carbonyl (C=O) groups excluding carboxylic acids is 1. The second-order valence-electron chi connectivity index (χ2n) is 7.39. The molecule has 0 aromatic heterocycles. The molecule has 1 aliphatic rings. The Hall–Kier alpha value is -2.44. The van der Waals surface area contributed by atoms with Crippen molar-refractivity contribution >= 4 is 5.91 Å². The average molecular weight is 400 g/mol. The van der Waals surface area contributed by atoms with Crippen molar-refractivity contribution in [3.05, 3.63) is 65.0 Å². The van der Waals surface area contributed by atoms with Gasteiger partial charge in [-0.25, -0.2) is 4.39 Å². The van der Waals surface area contributed by atoms with Crippen LogP contribution in [0.25, 0.3) is 0 Å². The van der Waals surface area contributed by atoms with E-state index in [2.05, 4.69) is 16.3 Å². The molecule has 1 atom stereocenters. The highest BCUT2D eigenvalue weighted by molar-refractivity contribution is 5.76. The number of ether oxygens (including phenoxy) is 2. The van der Waals surface area contributed by atoms with Gasteiger partial charge in [0.25, 0.3) is 0 Å². The van der Waals surface area contributed by atoms with Gasteiger partial charge >= 0.3 is 0 Å². The Kier molecular flexibility index (Phi) is 7.61. The normalized spacial score (nSPS) is 15.7. The molecule has 0 saturated carbocycles. The van der Waals surface area contributed by atoms with E-state index in [-0.39, 0.29) is 24.2 Å². The van der Waals surface area contributed by atoms with E-state index in [1.54, 1.807) is 6.07 Å². The van der Waals surface area contributed by atoms with Gasteiger partial charge in [-0.15, -0.1) is 0 Å². The second kappa shape index (κ2) is 10.4. The lowest BCUT2D eigenvalue weighted by atomic mass is 10.0. The molecule has 1 aliphatic heterocycles. The molecule has 6 heteroatoms. The van der Waals surface area contributed by atoms with Crippen LogP contribution in [-0.2, 0) is 9.53 Å². The Bertz CT molecular complexity index is 822. The van der Waals surface area contributed by atoms with E-state index in [4.69, 9.17) is 9.47 Å². The highest BCUT2D eigenvalue weighted by atomic mass is 19.1. The van der Waals surface area contributed by atoms with Gasteiger partial charge < -0.3 is 14.8 Å². The van der Waals surface area contributed by atoms with Crippen LogP contribution in [0.15, 0.2) is 42.5 Å². The van der Waals surface area contributed by atoms with E-state index in [9.17, 15) is 9.18 Å². The molecular weight excluding hydrogens is 371 g/mol. The van der Waals surface area contributed by atoms with Gasteiger partial charge in [0.05, 0.1) is 32.3 Å². The zero-order valence-corrected chi connectivity index (χ0v) is 17.1. The summed E-state index contributed by atoms with van der Waals surface area (Å²) in [6.07, 6.45) is 0.270. The number of morpholine rings is 1. The van der Waals surface area contributed by atoms with Crippen molar-refractivity contribution in [1.29, 1.82) is 0 Å². The molecule has 2 aromatic carbocycles. The quantitative estimate of drug-likeness (QED) is 0.738. The first kappa shape index (κ1) is 21.3. The number of rotatable bonds is 8. The lowest BCUT2D eigenvalue weighted by Gasteiger charge is -2.35. The summed E-state index contributed by atoms with van der Waals surface area (Å²) in [6, 6.07) is 12.5. The molecule has 3 rings (SSSR count). The molecule has 29 heavy (non-hydrogen) atoms. The highest BCUT2D eigenvalue weighted by Gasteiger charge is 2.23. The van der Waals surface area contributed by atoms with Crippen LogP contribution < -0.4 is 10.1 Å². The van der Waals surface area contributed by atoms with Crippen LogP contribution in [0.1, 0.15) is 29.2 Å². The molecule has 0 aliphatic carbocycles. The number of benzene rings is 2. The van der Waals surface area contributed by atoms with Crippen molar-refractivity contribution in [3.63, 3.8) is 0 Å². The average Bonchev–Trinajstić information content (AvgIpc) is 2.71. The minimum absolute atomic E-state index is 0.0792. The van der Waals surface area contributed by atoms with Crippen LogP contribution in [0.5, 0.6) is 5.75 Å². The molecule has 0 spiro atoms. The van der Waals surface area contributed by atoms with Crippen LogP contribution in [0, 0.1) is 19.7 Å². The highest BCUT2D eigenvalue weighted by Crippen LogP contribution is 2.22. The number of nitrogens with one attached hydrogen (secondary N) is 1. The SMILES string of the molecule is Cc1ccc(OCCC(=O)NCC(c2cccc(F)c2)N2CCOCC2)c(C)c1. The first-order valence-electron chi connectivity index (χ1n) is 10.1. The van der Waals surface area contributed by atoms with E-state index in [0.29, 0.717) is 26.4 Å². The first-order chi connectivity index (χ1) is 14.0. The molecule has 1 N–H and O–H groups in total. The summed E-state index contributed by atoms with van der Waals surface area (Å²) in [5.41, 5.74) is 3.10. The lowest BCUT2D eigenvalue weighted by molar-refractivity contribution is -0.121. The smallest absolute Gasteiger partial charge is 0.223 e. The number of aryl methyl sites for hydroxylation is 2. The second-order valence-corrected chi connectivity index (χ2v) is 7.39. The van der Waals surface area contributed by atoms with Crippen LogP contribution in [0.3, 0.4) is 0 Å². The summed E-state index contributed by atoms with van der Waals surface area (Å²) in [5.74, 6) is 0.452. The van der Waals surface area contributed by atoms with Crippen molar-refractivity contribution in [2.45, 2.75) is 26.3 Å². The Balaban J connectivity index is 1.53. The first-order valence-corrected chi connectivity index (χ1v) is 10.1. The largest absolute Gasteiger partial charge is 0.493 e. The van der Waals surface area contributed by atoms with E-state index >= 15 is 0 Å².